The highest BCUT2D eigenvalue weighted by Crippen LogP contribution is 2.24. The molecule has 3 amide bonds. The van der Waals surface area contributed by atoms with Gasteiger partial charge in [-0.15, -0.1) is 11.3 Å². The van der Waals surface area contributed by atoms with Crippen molar-refractivity contribution in [1.29, 1.82) is 0 Å². The van der Waals surface area contributed by atoms with Gasteiger partial charge in [0, 0.05) is 16.3 Å². The fourth-order valence-electron chi connectivity index (χ4n) is 2.49. The number of thiophene rings is 1. The number of sulfonamides is 1. The molecule has 0 aliphatic heterocycles. The molecule has 32 heavy (non-hydrogen) atoms. The summed E-state index contributed by atoms with van der Waals surface area (Å²) in [6.45, 7) is 0. The van der Waals surface area contributed by atoms with Crippen molar-refractivity contribution in [1.82, 2.24) is 5.32 Å². The van der Waals surface area contributed by atoms with Gasteiger partial charge >= 0.3 is 6.09 Å². The second kappa shape index (κ2) is 9.81. The fourth-order valence-corrected chi connectivity index (χ4v) is 4.45. The van der Waals surface area contributed by atoms with E-state index in [4.69, 9.17) is 11.6 Å². The molecule has 1 aromatic heterocycles. The van der Waals surface area contributed by atoms with Crippen molar-refractivity contribution in [3.05, 3.63) is 76.1 Å². The minimum absolute atomic E-state index is 0.0409. The summed E-state index contributed by atoms with van der Waals surface area (Å²) in [6, 6.07) is 12.9. The number of carbonyl (C=O) groups excluding carboxylic acids is 3. The zero-order chi connectivity index (χ0) is 23.3. The van der Waals surface area contributed by atoms with E-state index in [1.807, 2.05) is 5.32 Å². The van der Waals surface area contributed by atoms with Crippen LogP contribution in [0, 0.1) is 0 Å². The van der Waals surface area contributed by atoms with Crippen molar-refractivity contribution >= 4 is 61.6 Å². The average molecular weight is 494 g/mol. The molecule has 12 heteroatoms. The lowest BCUT2D eigenvalue weighted by molar-refractivity contribution is 0.0938. The molecule has 0 saturated carbocycles. The van der Waals surface area contributed by atoms with Gasteiger partial charge in [-0.25, -0.2) is 13.2 Å². The number of hydrogen-bond donors (Lipinski definition) is 3. The van der Waals surface area contributed by atoms with E-state index in [1.54, 1.807) is 5.38 Å². The minimum atomic E-state index is -3.82. The summed E-state index contributed by atoms with van der Waals surface area (Å²) in [5.74, 6) is -1.24. The summed E-state index contributed by atoms with van der Waals surface area (Å²) in [7, 11) is -2.70. The van der Waals surface area contributed by atoms with E-state index in [2.05, 4.69) is 14.8 Å². The molecule has 0 unspecified atom stereocenters. The topological polar surface area (TPSA) is 131 Å². The van der Waals surface area contributed by atoms with Crippen molar-refractivity contribution in [2.24, 2.45) is 0 Å². The average Bonchev–Trinajstić information content (AvgIpc) is 3.22. The number of rotatable bonds is 6. The van der Waals surface area contributed by atoms with Crippen LogP contribution >= 0.6 is 22.9 Å². The number of imide groups is 1. The van der Waals surface area contributed by atoms with Crippen molar-refractivity contribution < 1.29 is 27.5 Å². The monoisotopic (exact) mass is 493 g/mol. The fraction of sp³-hybridized carbons (Fsp3) is 0.0500. The number of anilines is 2. The van der Waals surface area contributed by atoms with Gasteiger partial charge in [-0.2, -0.15) is 0 Å². The van der Waals surface area contributed by atoms with Crippen LogP contribution in [0.3, 0.4) is 0 Å². The van der Waals surface area contributed by atoms with Gasteiger partial charge in [0.2, 0.25) is 0 Å². The Morgan fingerprint density at radius 2 is 1.59 bits per heavy atom. The Morgan fingerprint density at radius 3 is 2.22 bits per heavy atom. The van der Waals surface area contributed by atoms with Gasteiger partial charge in [0.25, 0.3) is 21.8 Å². The number of amides is 3. The number of hydrogen-bond acceptors (Lipinski definition) is 7. The van der Waals surface area contributed by atoms with Crippen molar-refractivity contribution in [3.8, 4) is 0 Å². The highest BCUT2D eigenvalue weighted by molar-refractivity contribution is 7.92. The van der Waals surface area contributed by atoms with Crippen LogP contribution in [-0.2, 0) is 14.8 Å². The van der Waals surface area contributed by atoms with Crippen LogP contribution in [0.5, 0.6) is 0 Å². The second-order valence-electron chi connectivity index (χ2n) is 6.20. The Balaban J connectivity index is 1.69. The zero-order valence-corrected chi connectivity index (χ0v) is 18.8. The van der Waals surface area contributed by atoms with Gasteiger partial charge < -0.3 is 10.1 Å². The number of benzene rings is 2. The van der Waals surface area contributed by atoms with Gasteiger partial charge in [-0.05, 0) is 60.0 Å². The van der Waals surface area contributed by atoms with Gasteiger partial charge in [0.1, 0.15) is 5.00 Å². The first-order valence-corrected chi connectivity index (χ1v) is 11.6. The number of alkyl carbamates (subject to hydrolysis) is 1. The van der Waals surface area contributed by atoms with E-state index < -0.39 is 27.9 Å². The van der Waals surface area contributed by atoms with Crippen LogP contribution in [-0.4, -0.2) is 33.4 Å². The Morgan fingerprint density at radius 1 is 0.938 bits per heavy atom. The van der Waals surface area contributed by atoms with Gasteiger partial charge in [0.05, 0.1) is 17.6 Å². The third-order valence-corrected chi connectivity index (χ3v) is 6.54. The number of carbonyl (C=O) groups is 3. The van der Waals surface area contributed by atoms with Crippen LogP contribution in [0.1, 0.15) is 20.7 Å². The highest BCUT2D eigenvalue weighted by Gasteiger charge is 2.19. The maximum atomic E-state index is 12.5. The molecule has 3 rings (SSSR count). The molecule has 0 aliphatic carbocycles. The van der Waals surface area contributed by atoms with Crippen LogP contribution in [0.25, 0.3) is 0 Å². The number of halogens is 1. The lowest BCUT2D eigenvalue weighted by atomic mass is 10.2. The maximum Gasteiger partial charge on any atom is 0.413 e. The Hall–Kier alpha value is -3.41. The first-order valence-electron chi connectivity index (χ1n) is 8.86. The van der Waals surface area contributed by atoms with E-state index in [1.165, 1.54) is 54.6 Å². The molecule has 0 saturated heterocycles. The molecular formula is C20H16ClN3O6S2. The predicted octanol–water partition coefficient (Wildman–Crippen LogP) is 3.95. The Labute approximate surface area is 192 Å². The smallest absolute Gasteiger partial charge is 0.413 e. The molecular weight excluding hydrogens is 478 g/mol. The third kappa shape index (κ3) is 5.63. The quantitative estimate of drug-likeness (QED) is 0.476. The largest absolute Gasteiger partial charge is 0.453 e. The Bertz CT molecular complexity index is 1260. The molecule has 0 spiro atoms. The maximum absolute atomic E-state index is 12.5. The third-order valence-electron chi connectivity index (χ3n) is 4.06. The molecule has 0 bridgehead atoms. The molecule has 0 atom stereocenters. The number of ether oxygens (including phenoxy) is 1. The SMILES string of the molecule is COC(=O)NC(=O)c1ccsc1NC(=O)c1ccc(NS(=O)(=O)c2ccc(Cl)cc2)cc1. The van der Waals surface area contributed by atoms with Crippen molar-refractivity contribution in [2.75, 3.05) is 17.1 Å². The first-order chi connectivity index (χ1) is 15.2. The second-order valence-corrected chi connectivity index (χ2v) is 9.23. The summed E-state index contributed by atoms with van der Waals surface area (Å²) >= 11 is 6.88. The summed E-state index contributed by atoms with van der Waals surface area (Å²) < 4.78 is 31.7. The molecule has 2 aromatic carbocycles. The molecule has 0 radical (unpaired) electrons. The van der Waals surface area contributed by atoms with E-state index in [9.17, 15) is 22.8 Å². The van der Waals surface area contributed by atoms with E-state index in [0.717, 1.165) is 18.4 Å². The predicted molar refractivity (Wildman–Crippen MR) is 121 cm³/mol. The van der Waals surface area contributed by atoms with Gasteiger partial charge in [-0.3, -0.25) is 19.6 Å². The lowest BCUT2D eigenvalue weighted by Crippen LogP contribution is -2.30. The Kier molecular flexibility index (Phi) is 7.13. The van der Waals surface area contributed by atoms with Crippen LogP contribution < -0.4 is 15.4 Å². The first kappa shape index (κ1) is 23.3. The van der Waals surface area contributed by atoms with Crippen LogP contribution in [0.15, 0.2) is 64.9 Å². The van der Waals surface area contributed by atoms with Gasteiger partial charge in [-0.1, -0.05) is 11.6 Å². The molecule has 9 nitrogen and oxygen atoms in total. The van der Waals surface area contributed by atoms with E-state index >= 15 is 0 Å². The molecule has 3 N–H and O–H groups in total. The number of methoxy groups -OCH3 is 1. The molecule has 0 aliphatic rings. The van der Waals surface area contributed by atoms with Crippen LogP contribution in [0.2, 0.25) is 5.02 Å². The summed E-state index contributed by atoms with van der Waals surface area (Å²) in [5, 5.41) is 6.84. The molecule has 3 aromatic rings. The normalized spacial score (nSPS) is 10.8. The standard InChI is InChI=1S/C20H16ClN3O6S2/c1-30-20(27)23-18(26)16-10-11-31-19(16)22-17(25)12-2-6-14(7-3-12)24-32(28,29)15-8-4-13(21)5-9-15/h2-11,24H,1H3,(H,22,25)(H,23,26,27). The summed E-state index contributed by atoms with van der Waals surface area (Å²) in [5.41, 5.74) is 0.582. The summed E-state index contributed by atoms with van der Waals surface area (Å²) in [4.78, 5) is 35.9. The number of nitrogens with one attached hydrogen (secondary N) is 3. The summed E-state index contributed by atoms with van der Waals surface area (Å²) in [6.07, 6.45) is -0.921. The molecule has 1 heterocycles. The van der Waals surface area contributed by atoms with Crippen molar-refractivity contribution in [3.63, 3.8) is 0 Å². The highest BCUT2D eigenvalue weighted by atomic mass is 35.5. The van der Waals surface area contributed by atoms with E-state index in [-0.39, 0.29) is 26.7 Å². The van der Waals surface area contributed by atoms with Crippen LogP contribution in [0.4, 0.5) is 15.5 Å². The minimum Gasteiger partial charge on any atom is -0.453 e. The van der Waals surface area contributed by atoms with Crippen molar-refractivity contribution in [2.45, 2.75) is 4.90 Å². The lowest BCUT2D eigenvalue weighted by Gasteiger charge is -2.10. The molecule has 166 valence electrons. The van der Waals surface area contributed by atoms with Gasteiger partial charge in [0.15, 0.2) is 0 Å². The molecule has 0 fully saturated rings. The van der Waals surface area contributed by atoms with E-state index in [0.29, 0.717) is 5.02 Å². The zero-order valence-electron chi connectivity index (χ0n) is 16.4.